The van der Waals surface area contributed by atoms with Gasteiger partial charge < -0.3 is 10.4 Å². The van der Waals surface area contributed by atoms with E-state index in [2.05, 4.69) is 17.2 Å². The third kappa shape index (κ3) is 2.92. The number of amides is 1. The SMILES string of the molecule is CC#CC(=O)N[C@@H]1C=C[C@H](CO)C1. The summed E-state index contributed by atoms with van der Waals surface area (Å²) < 4.78 is 0. The lowest BCUT2D eigenvalue weighted by Gasteiger charge is -2.09. The molecule has 0 saturated carbocycles. The zero-order chi connectivity index (χ0) is 9.68. The van der Waals surface area contributed by atoms with Gasteiger partial charge in [-0.2, -0.15) is 0 Å². The molecule has 2 atom stereocenters. The van der Waals surface area contributed by atoms with Crippen molar-refractivity contribution in [2.45, 2.75) is 19.4 Å². The number of aliphatic hydroxyl groups is 1. The predicted molar refractivity (Wildman–Crippen MR) is 49.7 cm³/mol. The molecule has 0 spiro atoms. The highest BCUT2D eigenvalue weighted by atomic mass is 16.3. The molecule has 0 heterocycles. The molecule has 0 bridgehead atoms. The minimum atomic E-state index is -0.254. The van der Waals surface area contributed by atoms with Crippen LogP contribution in [0, 0.1) is 17.8 Å². The Kier molecular flexibility index (Phi) is 3.53. The van der Waals surface area contributed by atoms with Crippen molar-refractivity contribution in [3.63, 3.8) is 0 Å². The van der Waals surface area contributed by atoms with E-state index in [0.717, 1.165) is 6.42 Å². The molecule has 0 aliphatic heterocycles. The first kappa shape index (κ1) is 9.82. The van der Waals surface area contributed by atoms with Gasteiger partial charge in [-0.15, -0.1) is 0 Å². The number of hydrogen-bond donors (Lipinski definition) is 2. The second-order valence-corrected chi connectivity index (χ2v) is 3.02. The van der Waals surface area contributed by atoms with Gasteiger partial charge in [0, 0.05) is 18.6 Å². The maximum atomic E-state index is 11.0. The van der Waals surface area contributed by atoms with Crippen LogP contribution < -0.4 is 5.32 Å². The van der Waals surface area contributed by atoms with Crippen molar-refractivity contribution in [2.75, 3.05) is 6.61 Å². The number of rotatable bonds is 2. The van der Waals surface area contributed by atoms with Crippen molar-refractivity contribution in [2.24, 2.45) is 5.92 Å². The van der Waals surface area contributed by atoms with Crippen molar-refractivity contribution >= 4 is 5.91 Å². The number of aliphatic hydroxyl groups excluding tert-OH is 1. The lowest BCUT2D eigenvalue weighted by molar-refractivity contribution is -0.116. The normalized spacial score (nSPS) is 25.1. The Labute approximate surface area is 77.8 Å². The summed E-state index contributed by atoms with van der Waals surface area (Å²) in [5, 5.41) is 11.6. The maximum absolute atomic E-state index is 11.0. The van der Waals surface area contributed by atoms with Gasteiger partial charge in [0.1, 0.15) is 0 Å². The van der Waals surface area contributed by atoms with Crippen molar-refractivity contribution in [3.05, 3.63) is 12.2 Å². The fourth-order valence-corrected chi connectivity index (χ4v) is 1.33. The van der Waals surface area contributed by atoms with Gasteiger partial charge in [0.2, 0.25) is 0 Å². The number of carbonyl (C=O) groups excluding carboxylic acids is 1. The standard InChI is InChI=1S/C10H13NO2/c1-2-3-10(13)11-9-5-4-8(6-9)7-12/h4-5,8-9,12H,6-7H2,1H3,(H,11,13)/t8-,9+/m0/s1. The van der Waals surface area contributed by atoms with E-state index >= 15 is 0 Å². The first-order valence-electron chi connectivity index (χ1n) is 4.28. The second kappa shape index (κ2) is 4.68. The van der Waals surface area contributed by atoms with E-state index in [1.807, 2.05) is 12.2 Å². The number of carbonyl (C=O) groups is 1. The monoisotopic (exact) mass is 179 g/mol. The molecule has 0 aromatic heterocycles. The van der Waals surface area contributed by atoms with Crippen LogP contribution in [0.15, 0.2) is 12.2 Å². The summed E-state index contributed by atoms with van der Waals surface area (Å²) in [7, 11) is 0. The van der Waals surface area contributed by atoms with Gasteiger partial charge in [-0.05, 0) is 19.3 Å². The van der Waals surface area contributed by atoms with Crippen LogP contribution in [0.2, 0.25) is 0 Å². The molecule has 70 valence electrons. The van der Waals surface area contributed by atoms with Crippen LogP contribution in [-0.2, 0) is 4.79 Å². The van der Waals surface area contributed by atoms with Crippen LogP contribution in [0.25, 0.3) is 0 Å². The molecule has 0 radical (unpaired) electrons. The molecule has 0 unspecified atom stereocenters. The molecule has 1 aliphatic rings. The molecule has 2 N–H and O–H groups in total. The van der Waals surface area contributed by atoms with Gasteiger partial charge in [0.05, 0.1) is 0 Å². The highest BCUT2D eigenvalue weighted by Gasteiger charge is 2.18. The van der Waals surface area contributed by atoms with Crippen molar-refractivity contribution in [1.82, 2.24) is 5.32 Å². The Hall–Kier alpha value is -1.27. The van der Waals surface area contributed by atoms with Crippen LogP contribution >= 0.6 is 0 Å². The zero-order valence-electron chi connectivity index (χ0n) is 7.58. The first-order valence-corrected chi connectivity index (χ1v) is 4.28. The van der Waals surface area contributed by atoms with E-state index in [4.69, 9.17) is 5.11 Å². The Bertz CT molecular complexity index is 272. The summed E-state index contributed by atoms with van der Waals surface area (Å²) in [6.07, 6.45) is 4.59. The maximum Gasteiger partial charge on any atom is 0.296 e. The van der Waals surface area contributed by atoms with Crippen LogP contribution in [0.3, 0.4) is 0 Å². The molecular weight excluding hydrogens is 166 g/mol. The summed E-state index contributed by atoms with van der Waals surface area (Å²) in [5.74, 6) is 4.87. The van der Waals surface area contributed by atoms with Gasteiger partial charge in [0.15, 0.2) is 0 Å². The Morgan fingerprint density at radius 3 is 3.00 bits per heavy atom. The summed E-state index contributed by atoms with van der Waals surface area (Å²) in [4.78, 5) is 11.0. The van der Waals surface area contributed by atoms with Crippen molar-refractivity contribution < 1.29 is 9.90 Å². The quantitative estimate of drug-likeness (QED) is 0.465. The van der Waals surface area contributed by atoms with Crippen LogP contribution in [0.4, 0.5) is 0 Å². The molecular formula is C10H13NO2. The van der Waals surface area contributed by atoms with Crippen LogP contribution in [-0.4, -0.2) is 23.7 Å². The van der Waals surface area contributed by atoms with Gasteiger partial charge in [-0.25, -0.2) is 0 Å². The largest absolute Gasteiger partial charge is 0.396 e. The van der Waals surface area contributed by atoms with Gasteiger partial charge in [0.25, 0.3) is 5.91 Å². The van der Waals surface area contributed by atoms with Gasteiger partial charge in [-0.1, -0.05) is 18.1 Å². The number of hydrogen-bond acceptors (Lipinski definition) is 2. The highest BCUT2D eigenvalue weighted by Crippen LogP contribution is 2.16. The highest BCUT2D eigenvalue weighted by molar-refractivity contribution is 5.93. The Balaban J connectivity index is 2.36. The van der Waals surface area contributed by atoms with Crippen LogP contribution in [0.1, 0.15) is 13.3 Å². The molecule has 3 heteroatoms. The summed E-state index contributed by atoms with van der Waals surface area (Å²) in [6.45, 7) is 1.77. The van der Waals surface area contributed by atoms with E-state index in [1.165, 1.54) is 0 Å². The van der Waals surface area contributed by atoms with E-state index in [9.17, 15) is 4.79 Å². The fraction of sp³-hybridized carbons (Fsp3) is 0.500. The van der Waals surface area contributed by atoms with Crippen molar-refractivity contribution in [1.29, 1.82) is 0 Å². The van der Waals surface area contributed by atoms with E-state index < -0.39 is 0 Å². The molecule has 13 heavy (non-hydrogen) atoms. The van der Waals surface area contributed by atoms with Crippen molar-refractivity contribution in [3.8, 4) is 11.8 Å². The Morgan fingerprint density at radius 2 is 2.46 bits per heavy atom. The lowest BCUT2D eigenvalue weighted by atomic mass is 10.1. The lowest BCUT2D eigenvalue weighted by Crippen LogP contribution is -2.31. The van der Waals surface area contributed by atoms with E-state index in [-0.39, 0.29) is 24.5 Å². The third-order valence-corrected chi connectivity index (χ3v) is 1.96. The molecule has 0 aromatic rings. The Morgan fingerprint density at radius 1 is 1.69 bits per heavy atom. The fourth-order valence-electron chi connectivity index (χ4n) is 1.33. The molecule has 0 saturated heterocycles. The third-order valence-electron chi connectivity index (χ3n) is 1.96. The first-order chi connectivity index (χ1) is 6.26. The number of nitrogens with one attached hydrogen (secondary N) is 1. The smallest absolute Gasteiger partial charge is 0.296 e. The van der Waals surface area contributed by atoms with Gasteiger partial charge in [-0.3, -0.25) is 4.79 Å². The minimum absolute atomic E-state index is 0.0329. The average Bonchev–Trinajstić information content (AvgIpc) is 2.52. The molecule has 3 nitrogen and oxygen atoms in total. The minimum Gasteiger partial charge on any atom is -0.396 e. The second-order valence-electron chi connectivity index (χ2n) is 3.02. The molecule has 1 aliphatic carbocycles. The van der Waals surface area contributed by atoms with E-state index in [0.29, 0.717) is 0 Å². The predicted octanol–water partition coefficient (Wildman–Crippen LogP) is 0.0629. The zero-order valence-corrected chi connectivity index (χ0v) is 7.58. The molecule has 0 aromatic carbocycles. The average molecular weight is 179 g/mol. The summed E-state index contributed by atoms with van der Waals surface area (Å²) >= 11 is 0. The van der Waals surface area contributed by atoms with Gasteiger partial charge >= 0.3 is 0 Å². The summed E-state index contributed by atoms with van der Waals surface area (Å²) in [6, 6.07) is 0.0329. The topological polar surface area (TPSA) is 49.3 Å². The summed E-state index contributed by atoms with van der Waals surface area (Å²) in [5.41, 5.74) is 0. The van der Waals surface area contributed by atoms with E-state index in [1.54, 1.807) is 6.92 Å². The molecule has 1 rings (SSSR count). The van der Waals surface area contributed by atoms with Crippen LogP contribution in [0.5, 0.6) is 0 Å². The molecule has 0 fully saturated rings. The molecule has 1 amide bonds.